The molecule has 0 aliphatic heterocycles. The number of aromatic nitrogens is 2. The lowest BCUT2D eigenvalue weighted by Gasteiger charge is -2.38. The van der Waals surface area contributed by atoms with Crippen molar-refractivity contribution in [1.82, 2.24) is 9.97 Å². The van der Waals surface area contributed by atoms with Gasteiger partial charge < -0.3 is 4.90 Å². The topological polar surface area (TPSA) is 110 Å². The molecule has 2 rings (SSSR count). The van der Waals surface area contributed by atoms with Gasteiger partial charge in [-0.3, -0.25) is 15.5 Å². The number of rotatable bonds is 4. The summed E-state index contributed by atoms with van der Waals surface area (Å²) in [5.74, 6) is 5.79. The van der Waals surface area contributed by atoms with Gasteiger partial charge in [-0.25, -0.2) is 10.8 Å². The Morgan fingerprint density at radius 3 is 2.62 bits per heavy atom. The summed E-state index contributed by atoms with van der Waals surface area (Å²) in [6.07, 6.45) is 5.39. The first-order valence-corrected chi connectivity index (χ1v) is 7.05. The lowest BCUT2D eigenvalue weighted by atomic mass is 9.75. The van der Waals surface area contributed by atoms with Crippen LogP contribution in [0.4, 0.5) is 17.5 Å². The maximum absolute atomic E-state index is 11.2. The number of hydrogen-bond acceptors (Lipinski definition) is 7. The van der Waals surface area contributed by atoms with Crippen LogP contribution in [0, 0.1) is 15.5 Å². The maximum atomic E-state index is 11.2. The van der Waals surface area contributed by atoms with Crippen LogP contribution in [-0.4, -0.2) is 28.0 Å². The Hall–Kier alpha value is -1.96. The van der Waals surface area contributed by atoms with Crippen molar-refractivity contribution in [2.75, 3.05) is 17.4 Å². The minimum absolute atomic E-state index is 0.0960. The highest BCUT2D eigenvalue weighted by Crippen LogP contribution is 2.38. The normalized spacial score (nSPS) is 18.3. The Labute approximate surface area is 123 Å². The average molecular weight is 294 g/mol. The molecule has 1 fully saturated rings. The Morgan fingerprint density at radius 1 is 1.48 bits per heavy atom. The lowest BCUT2D eigenvalue weighted by Crippen LogP contribution is -2.38. The van der Waals surface area contributed by atoms with E-state index in [1.54, 1.807) is 0 Å². The molecule has 3 N–H and O–H groups in total. The number of hydrogen-bond donors (Lipinski definition) is 2. The van der Waals surface area contributed by atoms with Gasteiger partial charge in [-0.2, -0.15) is 4.98 Å². The molecule has 0 radical (unpaired) electrons. The van der Waals surface area contributed by atoms with Crippen molar-refractivity contribution in [3.05, 3.63) is 16.3 Å². The van der Waals surface area contributed by atoms with Crippen LogP contribution in [0.3, 0.4) is 0 Å². The maximum Gasteiger partial charge on any atom is 0.329 e. The minimum Gasteiger partial charge on any atom is -0.351 e. The molecule has 0 amide bonds. The van der Waals surface area contributed by atoms with E-state index < -0.39 is 4.92 Å². The predicted octanol–water partition coefficient (Wildman–Crippen LogP) is 2.08. The van der Waals surface area contributed by atoms with Gasteiger partial charge in [0.1, 0.15) is 6.20 Å². The van der Waals surface area contributed by atoms with E-state index in [-0.39, 0.29) is 17.7 Å². The molecule has 116 valence electrons. The van der Waals surface area contributed by atoms with Crippen molar-refractivity contribution >= 4 is 17.5 Å². The molecule has 8 nitrogen and oxygen atoms in total. The largest absolute Gasteiger partial charge is 0.351 e. The third-order valence-electron chi connectivity index (χ3n) is 4.27. The van der Waals surface area contributed by atoms with E-state index in [1.807, 2.05) is 11.9 Å². The van der Waals surface area contributed by atoms with Gasteiger partial charge in [-0.05, 0) is 31.1 Å². The van der Waals surface area contributed by atoms with E-state index in [2.05, 4.69) is 29.2 Å². The van der Waals surface area contributed by atoms with Crippen LogP contribution >= 0.6 is 0 Å². The van der Waals surface area contributed by atoms with Crippen molar-refractivity contribution in [3.8, 4) is 0 Å². The van der Waals surface area contributed by atoms with Crippen LogP contribution in [0.5, 0.6) is 0 Å². The standard InChI is InChI=1S/C13H22N6O2/c1-13(2)6-4-9(5-7-13)18(3)11-10(19(20)21)8-15-12(16-11)17-14/h8-9H,4-7,14H2,1-3H3,(H,15,16,17). The molecule has 1 aliphatic rings. The van der Waals surface area contributed by atoms with Gasteiger partial charge in [0.15, 0.2) is 0 Å². The third-order valence-corrected chi connectivity index (χ3v) is 4.27. The van der Waals surface area contributed by atoms with Crippen molar-refractivity contribution in [2.45, 2.75) is 45.6 Å². The molecular formula is C13H22N6O2. The first kappa shape index (κ1) is 15.4. The molecule has 0 unspecified atom stereocenters. The number of nitrogen functional groups attached to an aromatic ring is 1. The highest BCUT2D eigenvalue weighted by Gasteiger charge is 2.32. The highest BCUT2D eigenvalue weighted by molar-refractivity contribution is 5.59. The number of nitrogens with two attached hydrogens (primary N) is 1. The zero-order chi connectivity index (χ0) is 15.6. The van der Waals surface area contributed by atoms with Crippen molar-refractivity contribution in [3.63, 3.8) is 0 Å². The van der Waals surface area contributed by atoms with E-state index in [4.69, 9.17) is 5.84 Å². The molecule has 1 heterocycles. The number of nitrogens with zero attached hydrogens (tertiary/aromatic N) is 4. The molecule has 0 atom stereocenters. The summed E-state index contributed by atoms with van der Waals surface area (Å²) in [5, 5.41) is 11.2. The van der Waals surface area contributed by atoms with Crippen LogP contribution in [-0.2, 0) is 0 Å². The molecule has 0 saturated heterocycles. The summed E-state index contributed by atoms with van der Waals surface area (Å²) in [6, 6.07) is 0.247. The predicted molar refractivity (Wildman–Crippen MR) is 80.9 cm³/mol. The van der Waals surface area contributed by atoms with Gasteiger partial charge in [0, 0.05) is 13.1 Å². The molecule has 1 aromatic heterocycles. The minimum atomic E-state index is -0.459. The third kappa shape index (κ3) is 3.38. The zero-order valence-electron chi connectivity index (χ0n) is 12.7. The summed E-state index contributed by atoms with van der Waals surface area (Å²) in [5.41, 5.74) is 2.58. The van der Waals surface area contributed by atoms with Crippen molar-refractivity contribution < 1.29 is 4.92 Å². The number of nitrogens with one attached hydrogen (secondary N) is 1. The molecule has 0 spiro atoms. The summed E-state index contributed by atoms with van der Waals surface area (Å²) < 4.78 is 0. The summed E-state index contributed by atoms with van der Waals surface area (Å²) >= 11 is 0. The average Bonchev–Trinajstić information content (AvgIpc) is 2.45. The molecule has 1 saturated carbocycles. The van der Waals surface area contributed by atoms with Crippen LogP contribution < -0.4 is 16.2 Å². The molecule has 0 aromatic carbocycles. The number of nitro groups is 1. The van der Waals surface area contributed by atoms with Gasteiger partial charge in [-0.1, -0.05) is 13.8 Å². The fourth-order valence-corrected chi connectivity index (χ4v) is 2.77. The monoisotopic (exact) mass is 294 g/mol. The Morgan fingerprint density at radius 2 is 2.10 bits per heavy atom. The van der Waals surface area contributed by atoms with Crippen LogP contribution in [0.1, 0.15) is 39.5 Å². The molecule has 0 bridgehead atoms. The Bertz CT molecular complexity index is 523. The van der Waals surface area contributed by atoms with E-state index in [0.717, 1.165) is 25.7 Å². The number of anilines is 2. The molecule has 21 heavy (non-hydrogen) atoms. The Kier molecular flexibility index (Phi) is 4.26. The second-order valence-electron chi connectivity index (χ2n) is 6.31. The van der Waals surface area contributed by atoms with Crippen LogP contribution in [0.25, 0.3) is 0 Å². The van der Waals surface area contributed by atoms with Crippen LogP contribution in [0.2, 0.25) is 0 Å². The summed E-state index contributed by atoms with van der Waals surface area (Å²) in [4.78, 5) is 20.6. The van der Waals surface area contributed by atoms with Gasteiger partial charge >= 0.3 is 5.69 Å². The van der Waals surface area contributed by atoms with Gasteiger partial charge in [0.2, 0.25) is 11.8 Å². The quantitative estimate of drug-likeness (QED) is 0.497. The fourth-order valence-electron chi connectivity index (χ4n) is 2.77. The zero-order valence-corrected chi connectivity index (χ0v) is 12.7. The first-order chi connectivity index (χ1) is 9.84. The lowest BCUT2D eigenvalue weighted by molar-refractivity contribution is -0.384. The van der Waals surface area contributed by atoms with E-state index in [0.29, 0.717) is 11.2 Å². The molecular weight excluding hydrogens is 272 g/mol. The van der Waals surface area contributed by atoms with Gasteiger partial charge in [0.25, 0.3) is 0 Å². The molecule has 8 heteroatoms. The van der Waals surface area contributed by atoms with Crippen molar-refractivity contribution in [1.29, 1.82) is 0 Å². The number of hydrazine groups is 1. The second kappa shape index (κ2) is 5.80. The molecule has 1 aliphatic carbocycles. The van der Waals surface area contributed by atoms with Crippen molar-refractivity contribution in [2.24, 2.45) is 11.3 Å². The fraction of sp³-hybridized carbons (Fsp3) is 0.692. The highest BCUT2D eigenvalue weighted by atomic mass is 16.6. The van der Waals surface area contributed by atoms with Gasteiger partial charge in [-0.15, -0.1) is 0 Å². The van der Waals surface area contributed by atoms with Crippen LogP contribution in [0.15, 0.2) is 6.20 Å². The summed E-state index contributed by atoms with van der Waals surface area (Å²) in [7, 11) is 1.85. The first-order valence-electron chi connectivity index (χ1n) is 7.05. The molecule has 1 aromatic rings. The van der Waals surface area contributed by atoms with Gasteiger partial charge in [0.05, 0.1) is 4.92 Å². The van der Waals surface area contributed by atoms with E-state index in [1.165, 1.54) is 6.20 Å². The second-order valence-corrected chi connectivity index (χ2v) is 6.31. The smallest absolute Gasteiger partial charge is 0.329 e. The summed E-state index contributed by atoms with van der Waals surface area (Å²) in [6.45, 7) is 4.51. The van der Waals surface area contributed by atoms with E-state index in [9.17, 15) is 10.1 Å². The SMILES string of the molecule is CN(c1nc(NN)ncc1[N+](=O)[O-])C1CCC(C)(C)CC1. The Balaban J connectivity index is 2.25. The van der Waals surface area contributed by atoms with E-state index >= 15 is 0 Å².